The van der Waals surface area contributed by atoms with Crippen molar-refractivity contribution in [2.75, 3.05) is 17.6 Å². The molecule has 0 fully saturated rings. The standard InChI is InChI=1S/C13H13Cl2N3O/c14-10-7-11(15)13(18-12(10)16)17-6-5-8-1-3-9(19)4-2-8/h1-4,7,19H,5-6H2,(H3,16,17,18). The topological polar surface area (TPSA) is 71.2 Å². The Morgan fingerprint density at radius 2 is 1.84 bits per heavy atom. The third kappa shape index (κ3) is 3.66. The van der Waals surface area contributed by atoms with E-state index < -0.39 is 0 Å². The van der Waals surface area contributed by atoms with Gasteiger partial charge in [-0.3, -0.25) is 0 Å². The number of nitrogens with one attached hydrogen (secondary N) is 1. The molecule has 2 rings (SSSR count). The van der Waals surface area contributed by atoms with Crippen molar-refractivity contribution in [2.24, 2.45) is 0 Å². The lowest BCUT2D eigenvalue weighted by atomic mass is 10.1. The van der Waals surface area contributed by atoms with Gasteiger partial charge in [0.05, 0.1) is 10.0 Å². The molecular weight excluding hydrogens is 285 g/mol. The summed E-state index contributed by atoms with van der Waals surface area (Å²) in [5.41, 5.74) is 6.72. The Balaban J connectivity index is 1.96. The van der Waals surface area contributed by atoms with Crippen LogP contribution in [0, 0.1) is 0 Å². The molecule has 0 aliphatic rings. The molecule has 4 nitrogen and oxygen atoms in total. The van der Waals surface area contributed by atoms with Crippen LogP contribution in [0.15, 0.2) is 30.3 Å². The minimum absolute atomic E-state index is 0.248. The summed E-state index contributed by atoms with van der Waals surface area (Å²) in [7, 11) is 0. The number of phenolic OH excluding ortho intramolecular Hbond substituents is 1. The highest BCUT2D eigenvalue weighted by molar-refractivity contribution is 6.37. The highest BCUT2D eigenvalue weighted by atomic mass is 35.5. The van der Waals surface area contributed by atoms with E-state index in [-0.39, 0.29) is 11.6 Å². The van der Waals surface area contributed by atoms with Gasteiger partial charge in [0, 0.05) is 6.54 Å². The first-order chi connectivity index (χ1) is 9.06. The normalized spacial score (nSPS) is 10.4. The van der Waals surface area contributed by atoms with Crippen LogP contribution in [0.5, 0.6) is 5.75 Å². The van der Waals surface area contributed by atoms with Crippen LogP contribution in [0.2, 0.25) is 10.0 Å². The van der Waals surface area contributed by atoms with Crippen molar-refractivity contribution in [1.29, 1.82) is 0 Å². The summed E-state index contributed by atoms with van der Waals surface area (Å²) in [4.78, 5) is 4.08. The molecule has 1 heterocycles. The van der Waals surface area contributed by atoms with Gasteiger partial charge >= 0.3 is 0 Å². The average molecular weight is 298 g/mol. The second kappa shape index (κ2) is 5.99. The number of nitrogens with zero attached hydrogens (tertiary/aromatic N) is 1. The van der Waals surface area contributed by atoms with Gasteiger partial charge in [-0.1, -0.05) is 35.3 Å². The zero-order chi connectivity index (χ0) is 13.8. The summed E-state index contributed by atoms with van der Waals surface area (Å²) in [6.07, 6.45) is 0.779. The van der Waals surface area contributed by atoms with Crippen molar-refractivity contribution in [3.8, 4) is 5.75 Å². The average Bonchev–Trinajstić information content (AvgIpc) is 2.38. The number of hydrogen-bond acceptors (Lipinski definition) is 4. The van der Waals surface area contributed by atoms with Gasteiger partial charge in [-0.15, -0.1) is 0 Å². The molecule has 4 N–H and O–H groups in total. The third-order valence-corrected chi connectivity index (χ3v) is 3.19. The molecule has 100 valence electrons. The summed E-state index contributed by atoms with van der Waals surface area (Å²) in [5, 5.41) is 13.1. The van der Waals surface area contributed by atoms with Crippen molar-refractivity contribution in [1.82, 2.24) is 4.98 Å². The fraction of sp³-hybridized carbons (Fsp3) is 0.154. The molecule has 0 saturated carbocycles. The molecular formula is C13H13Cl2N3O. The number of aromatic nitrogens is 1. The zero-order valence-electron chi connectivity index (χ0n) is 10.0. The molecule has 0 aliphatic carbocycles. The van der Waals surface area contributed by atoms with Crippen LogP contribution in [-0.4, -0.2) is 16.6 Å². The molecule has 1 aromatic carbocycles. The molecule has 0 spiro atoms. The maximum Gasteiger partial charge on any atom is 0.147 e. The number of anilines is 2. The van der Waals surface area contributed by atoms with E-state index in [0.29, 0.717) is 22.4 Å². The Kier molecular flexibility index (Phi) is 4.35. The number of nitrogen functional groups attached to an aromatic ring is 1. The van der Waals surface area contributed by atoms with Crippen LogP contribution in [0.3, 0.4) is 0 Å². The minimum Gasteiger partial charge on any atom is -0.508 e. The molecule has 0 unspecified atom stereocenters. The molecule has 2 aromatic rings. The fourth-order valence-electron chi connectivity index (χ4n) is 1.59. The molecule has 1 aromatic heterocycles. The highest BCUT2D eigenvalue weighted by Gasteiger charge is 2.06. The minimum atomic E-state index is 0.248. The lowest BCUT2D eigenvalue weighted by molar-refractivity contribution is 0.475. The quantitative estimate of drug-likeness (QED) is 0.809. The summed E-state index contributed by atoms with van der Waals surface area (Å²) >= 11 is 11.8. The van der Waals surface area contributed by atoms with Gasteiger partial charge in [0.2, 0.25) is 0 Å². The van der Waals surface area contributed by atoms with Crippen molar-refractivity contribution >= 4 is 34.8 Å². The van der Waals surface area contributed by atoms with Gasteiger partial charge < -0.3 is 16.2 Å². The predicted molar refractivity (Wildman–Crippen MR) is 79.0 cm³/mol. The van der Waals surface area contributed by atoms with Crippen molar-refractivity contribution in [2.45, 2.75) is 6.42 Å². The van der Waals surface area contributed by atoms with Crippen LogP contribution >= 0.6 is 23.2 Å². The molecule has 6 heteroatoms. The molecule has 0 saturated heterocycles. The monoisotopic (exact) mass is 297 g/mol. The van der Waals surface area contributed by atoms with Crippen LogP contribution in [0.4, 0.5) is 11.6 Å². The number of nitrogens with two attached hydrogens (primary N) is 1. The number of halogens is 2. The van der Waals surface area contributed by atoms with E-state index in [1.807, 2.05) is 12.1 Å². The van der Waals surface area contributed by atoms with Crippen LogP contribution in [0.1, 0.15) is 5.56 Å². The molecule has 0 aliphatic heterocycles. The first-order valence-electron chi connectivity index (χ1n) is 5.69. The lowest BCUT2D eigenvalue weighted by Crippen LogP contribution is -2.08. The molecule has 0 bridgehead atoms. The summed E-state index contributed by atoms with van der Waals surface area (Å²) in [5.74, 6) is 1.02. The van der Waals surface area contributed by atoms with Gasteiger partial charge in [0.25, 0.3) is 0 Å². The number of pyridine rings is 1. The lowest BCUT2D eigenvalue weighted by Gasteiger charge is -2.09. The highest BCUT2D eigenvalue weighted by Crippen LogP contribution is 2.27. The predicted octanol–water partition coefficient (Wildman–Crippen LogP) is 3.33. The summed E-state index contributed by atoms with van der Waals surface area (Å²) < 4.78 is 0. The maximum absolute atomic E-state index is 9.18. The zero-order valence-corrected chi connectivity index (χ0v) is 11.5. The van der Waals surface area contributed by atoms with Crippen molar-refractivity contribution < 1.29 is 5.11 Å². The van der Waals surface area contributed by atoms with Crippen LogP contribution in [0.25, 0.3) is 0 Å². The van der Waals surface area contributed by atoms with E-state index in [1.54, 1.807) is 18.2 Å². The maximum atomic E-state index is 9.18. The number of benzene rings is 1. The first kappa shape index (κ1) is 13.8. The number of hydrogen-bond donors (Lipinski definition) is 3. The van der Waals surface area contributed by atoms with E-state index in [2.05, 4.69) is 10.3 Å². The van der Waals surface area contributed by atoms with Gasteiger partial charge in [-0.05, 0) is 30.2 Å². The second-order valence-corrected chi connectivity index (χ2v) is 4.84. The molecule has 19 heavy (non-hydrogen) atoms. The Hall–Kier alpha value is -1.65. The van der Waals surface area contributed by atoms with E-state index >= 15 is 0 Å². The van der Waals surface area contributed by atoms with E-state index in [9.17, 15) is 5.11 Å². The summed E-state index contributed by atoms with van der Waals surface area (Å²) in [6, 6.07) is 8.60. The Labute approximate surface area is 121 Å². The second-order valence-electron chi connectivity index (χ2n) is 4.03. The molecule has 0 atom stereocenters. The number of rotatable bonds is 4. The Morgan fingerprint density at radius 3 is 2.53 bits per heavy atom. The van der Waals surface area contributed by atoms with Gasteiger partial charge in [-0.25, -0.2) is 4.98 Å². The van der Waals surface area contributed by atoms with E-state index in [4.69, 9.17) is 28.9 Å². The van der Waals surface area contributed by atoms with Gasteiger partial charge in [0.15, 0.2) is 0 Å². The first-order valence-corrected chi connectivity index (χ1v) is 6.45. The number of phenols is 1. The van der Waals surface area contributed by atoms with Gasteiger partial charge in [0.1, 0.15) is 17.4 Å². The van der Waals surface area contributed by atoms with Crippen molar-refractivity contribution in [3.63, 3.8) is 0 Å². The van der Waals surface area contributed by atoms with Gasteiger partial charge in [-0.2, -0.15) is 0 Å². The molecule has 0 radical (unpaired) electrons. The van der Waals surface area contributed by atoms with Crippen LogP contribution in [-0.2, 0) is 6.42 Å². The Morgan fingerprint density at radius 1 is 1.16 bits per heavy atom. The third-order valence-electron chi connectivity index (χ3n) is 2.60. The smallest absolute Gasteiger partial charge is 0.147 e. The largest absolute Gasteiger partial charge is 0.508 e. The van der Waals surface area contributed by atoms with Crippen molar-refractivity contribution in [3.05, 3.63) is 45.9 Å². The summed E-state index contributed by atoms with van der Waals surface area (Å²) in [6.45, 7) is 0.651. The van der Waals surface area contributed by atoms with E-state index in [1.165, 1.54) is 0 Å². The fourth-order valence-corrected chi connectivity index (χ4v) is 2.02. The van der Waals surface area contributed by atoms with E-state index in [0.717, 1.165) is 12.0 Å². The molecule has 0 amide bonds. The Bertz CT molecular complexity index is 573. The SMILES string of the molecule is Nc1nc(NCCc2ccc(O)cc2)c(Cl)cc1Cl. The van der Waals surface area contributed by atoms with Crippen LogP contribution < -0.4 is 11.1 Å². The number of aromatic hydroxyl groups is 1.